The highest BCUT2D eigenvalue weighted by atomic mass is 35.5. The van der Waals surface area contributed by atoms with E-state index in [0.29, 0.717) is 11.4 Å². The topological polar surface area (TPSA) is 74.7 Å². The number of nitrogens with zero attached hydrogens (tertiary/aromatic N) is 3. The molecule has 1 heterocycles. The predicted octanol–water partition coefficient (Wildman–Crippen LogP) is 1.70. The Kier molecular flexibility index (Phi) is 4.37. The first-order valence-electron chi connectivity index (χ1n) is 4.85. The van der Waals surface area contributed by atoms with E-state index in [1.165, 1.54) is 0 Å². The molecule has 6 heteroatoms. The third kappa shape index (κ3) is 3.00. The number of anilines is 1. The highest BCUT2D eigenvalue weighted by Crippen LogP contribution is 2.25. The van der Waals surface area contributed by atoms with Gasteiger partial charge in [0.2, 0.25) is 0 Å². The lowest BCUT2D eigenvalue weighted by Crippen LogP contribution is -2.33. The van der Waals surface area contributed by atoms with Gasteiger partial charge in [0, 0.05) is 31.9 Å². The Hall–Kier alpha value is -1.49. The lowest BCUT2D eigenvalue weighted by Gasteiger charge is -2.27. The summed E-state index contributed by atoms with van der Waals surface area (Å²) in [6.07, 6.45) is 3.73. The molecule has 1 aromatic rings. The molecule has 1 atom stereocenters. The van der Waals surface area contributed by atoms with Crippen molar-refractivity contribution < 1.29 is 5.21 Å². The van der Waals surface area contributed by atoms with Crippen LogP contribution in [0, 0.1) is 0 Å². The highest BCUT2D eigenvalue weighted by Gasteiger charge is 2.14. The molecule has 1 rings (SSSR count). The van der Waals surface area contributed by atoms with Crippen LogP contribution < -0.4 is 10.6 Å². The average molecular weight is 243 g/mol. The normalized spacial score (nSPS) is 13.6. The minimum atomic E-state index is 0.0794. The summed E-state index contributed by atoms with van der Waals surface area (Å²) in [5, 5.41) is 12.0. The molecule has 88 valence electrons. The summed E-state index contributed by atoms with van der Waals surface area (Å²) in [7, 11) is 1.90. The van der Waals surface area contributed by atoms with Gasteiger partial charge < -0.3 is 15.8 Å². The molecule has 1 aromatic heterocycles. The van der Waals surface area contributed by atoms with Gasteiger partial charge in [0.15, 0.2) is 0 Å². The van der Waals surface area contributed by atoms with Crippen molar-refractivity contribution in [1.29, 1.82) is 0 Å². The quantitative estimate of drug-likeness (QED) is 0.365. The van der Waals surface area contributed by atoms with Crippen molar-refractivity contribution in [2.75, 3.05) is 11.9 Å². The number of amidine groups is 1. The zero-order chi connectivity index (χ0) is 12.1. The fraction of sp³-hybridized carbons (Fsp3) is 0.400. The van der Waals surface area contributed by atoms with Gasteiger partial charge in [-0.25, -0.2) is 0 Å². The lowest BCUT2D eigenvalue weighted by molar-refractivity contribution is 0.316. The molecule has 0 radical (unpaired) electrons. The van der Waals surface area contributed by atoms with Crippen LogP contribution in [0.15, 0.2) is 23.6 Å². The van der Waals surface area contributed by atoms with Crippen LogP contribution in [0.25, 0.3) is 0 Å². The van der Waals surface area contributed by atoms with Crippen LogP contribution in [0.3, 0.4) is 0 Å². The number of halogens is 1. The van der Waals surface area contributed by atoms with Crippen molar-refractivity contribution in [2.24, 2.45) is 10.9 Å². The maximum atomic E-state index is 8.50. The Morgan fingerprint density at radius 2 is 2.44 bits per heavy atom. The Bertz CT molecular complexity index is 383. The van der Waals surface area contributed by atoms with E-state index in [1.807, 2.05) is 24.9 Å². The fourth-order valence-electron chi connectivity index (χ4n) is 1.37. The molecular formula is C10H15ClN4O. The van der Waals surface area contributed by atoms with Gasteiger partial charge in [-0.15, -0.1) is 0 Å². The van der Waals surface area contributed by atoms with E-state index < -0.39 is 0 Å². The summed E-state index contributed by atoms with van der Waals surface area (Å²) in [5.41, 5.74) is 6.33. The van der Waals surface area contributed by atoms with Crippen molar-refractivity contribution in [3.05, 3.63) is 23.5 Å². The molecule has 0 aliphatic rings. The molecule has 0 aliphatic carbocycles. The largest absolute Gasteiger partial charge is 0.409 e. The zero-order valence-electron chi connectivity index (χ0n) is 9.26. The molecule has 5 nitrogen and oxygen atoms in total. The Morgan fingerprint density at radius 1 is 1.75 bits per heavy atom. The number of rotatable bonds is 4. The summed E-state index contributed by atoms with van der Waals surface area (Å²) < 4.78 is 0. The van der Waals surface area contributed by atoms with Crippen molar-refractivity contribution in [2.45, 2.75) is 19.4 Å². The number of hydrogen-bond acceptors (Lipinski definition) is 4. The number of pyridine rings is 1. The van der Waals surface area contributed by atoms with Crippen molar-refractivity contribution >= 4 is 23.1 Å². The minimum absolute atomic E-state index is 0.0794. The first-order chi connectivity index (χ1) is 7.56. The van der Waals surface area contributed by atoms with E-state index in [0.717, 1.165) is 5.69 Å². The summed E-state index contributed by atoms with van der Waals surface area (Å²) in [4.78, 5) is 5.88. The Morgan fingerprint density at radius 3 is 3.00 bits per heavy atom. The van der Waals surface area contributed by atoms with E-state index in [2.05, 4.69) is 10.1 Å². The number of hydrogen-bond donors (Lipinski definition) is 2. The van der Waals surface area contributed by atoms with Gasteiger partial charge in [-0.1, -0.05) is 16.8 Å². The molecule has 16 heavy (non-hydrogen) atoms. The van der Waals surface area contributed by atoms with Gasteiger partial charge in [0.05, 0.1) is 10.7 Å². The third-order valence-electron chi connectivity index (χ3n) is 2.43. The van der Waals surface area contributed by atoms with Crippen LogP contribution in [0.2, 0.25) is 5.02 Å². The first-order valence-corrected chi connectivity index (χ1v) is 5.22. The SMILES string of the molecule is CC(CC(N)=NO)N(C)c1ccncc1Cl. The molecule has 0 saturated carbocycles. The molecule has 0 spiro atoms. The molecule has 0 aliphatic heterocycles. The van der Waals surface area contributed by atoms with Crippen molar-refractivity contribution in [3.63, 3.8) is 0 Å². The maximum absolute atomic E-state index is 8.50. The van der Waals surface area contributed by atoms with Crippen LogP contribution in [0.4, 0.5) is 5.69 Å². The molecule has 0 aromatic carbocycles. The van der Waals surface area contributed by atoms with Crippen molar-refractivity contribution in [3.8, 4) is 0 Å². The smallest absolute Gasteiger partial charge is 0.141 e. The van der Waals surface area contributed by atoms with Gasteiger partial charge in [-0.3, -0.25) is 4.98 Å². The van der Waals surface area contributed by atoms with E-state index in [-0.39, 0.29) is 11.9 Å². The molecule has 3 N–H and O–H groups in total. The highest BCUT2D eigenvalue weighted by molar-refractivity contribution is 6.33. The number of oxime groups is 1. The van der Waals surface area contributed by atoms with Gasteiger partial charge in [-0.2, -0.15) is 0 Å². The number of aromatic nitrogens is 1. The standard InChI is InChI=1S/C10H15ClN4O/c1-7(5-10(12)14-16)15(2)9-3-4-13-6-8(9)11/h3-4,6-7,16H,5H2,1-2H3,(H2,12,14). The van der Waals surface area contributed by atoms with Gasteiger partial charge >= 0.3 is 0 Å². The molecule has 0 amide bonds. The maximum Gasteiger partial charge on any atom is 0.141 e. The van der Waals surface area contributed by atoms with E-state index in [9.17, 15) is 0 Å². The fourth-order valence-corrected chi connectivity index (χ4v) is 1.62. The molecule has 1 unspecified atom stereocenters. The Balaban J connectivity index is 2.78. The molecule has 0 bridgehead atoms. The van der Waals surface area contributed by atoms with E-state index in [1.54, 1.807) is 12.4 Å². The third-order valence-corrected chi connectivity index (χ3v) is 2.72. The second-order valence-corrected chi connectivity index (χ2v) is 3.99. The first kappa shape index (κ1) is 12.6. The van der Waals surface area contributed by atoms with E-state index >= 15 is 0 Å². The second-order valence-electron chi connectivity index (χ2n) is 3.58. The summed E-state index contributed by atoms with van der Waals surface area (Å²) in [6.45, 7) is 1.97. The van der Waals surface area contributed by atoms with Crippen LogP contribution >= 0.6 is 11.6 Å². The van der Waals surface area contributed by atoms with Crippen LogP contribution in [-0.2, 0) is 0 Å². The summed E-state index contributed by atoms with van der Waals surface area (Å²) in [5.74, 6) is 0.199. The minimum Gasteiger partial charge on any atom is -0.409 e. The zero-order valence-corrected chi connectivity index (χ0v) is 10.0. The van der Waals surface area contributed by atoms with Crippen LogP contribution in [-0.4, -0.2) is 29.1 Å². The molecule has 0 saturated heterocycles. The van der Waals surface area contributed by atoms with Gasteiger partial charge in [-0.05, 0) is 13.0 Å². The monoisotopic (exact) mass is 242 g/mol. The van der Waals surface area contributed by atoms with E-state index in [4.69, 9.17) is 22.5 Å². The summed E-state index contributed by atoms with van der Waals surface area (Å²) in [6, 6.07) is 1.90. The lowest BCUT2D eigenvalue weighted by atomic mass is 10.2. The second kappa shape index (κ2) is 5.55. The number of nitrogens with two attached hydrogens (primary N) is 1. The predicted molar refractivity (Wildman–Crippen MR) is 65.1 cm³/mol. The summed E-state index contributed by atoms with van der Waals surface area (Å²) >= 11 is 6.02. The van der Waals surface area contributed by atoms with Gasteiger partial charge in [0.25, 0.3) is 0 Å². The van der Waals surface area contributed by atoms with Gasteiger partial charge in [0.1, 0.15) is 5.84 Å². The van der Waals surface area contributed by atoms with Crippen molar-refractivity contribution in [1.82, 2.24) is 4.98 Å². The van der Waals surface area contributed by atoms with Crippen LogP contribution in [0.5, 0.6) is 0 Å². The van der Waals surface area contributed by atoms with Crippen LogP contribution in [0.1, 0.15) is 13.3 Å². The molecule has 0 fully saturated rings. The average Bonchev–Trinajstić information content (AvgIpc) is 2.28. The Labute approximate surface area is 99.5 Å². The molecular weight excluding hydrogens is 228 g/mol.